The van der Waals surface area contributed by atoms with Gasteiger partial charge in [-0.25, -0.2) is 0 Å². The van der Waals surface area contributed by atoms with Gasteiger partial charge in [-0.2, -0.15) is 13.2 Å². The quantitative estimate of drug-likeness (QED) is 0.345. The molecule has 0 saturated carbocycles. The van der Waals surface area contributed by atoms with Crippen LogP contribution in [0.2, 0.25) is 0 Å². The molecule has 64 valence electrons. The third kappa shape index (κ3) is 2.44. The van der Waals surface area contributed by atoms with Crippen molar-refractivity contribution in [2.24, 2.45) is 17.4 Å². The maximum atomic E-state index is 11.8. The van der Waals surface area contributed by atoms with Crippen LogP contribution >= 0.6 is 0 Å². The van der Waals surface area contributed by atoms with Gasteiger partial charge >= 0.3 is 6.18 Å². The number of hydrogen-bond donors (Lipinski definition) is 4. The smallest absolute Gasteiger partial charge is 0.387 e. The average molecular weight is 168 g/mol. The number of alkyl halides is 3. The first-order valence-corrected chi connectivity index (χ1v) is 2.51. The molecule has 0 rings (SSSR count). The highest BCUT2D eigenvalue weighted by Gasteiger charge is 2.44. The van der Waals surface area contributed by atoms with Gasteiger partial charge < -0.3 is 11.5 Å². The third-order valence-electron chi connectivity index (χ3n) is 0.949. The first-order valence-electron chi connectivity index (χ1n) is 2.51. The molecule has 11 heavy (non-hydrogen) atoms. The van der Waals surface area contributed by atoms with Gasteiger partial charge in [0.2, 0.25) is 0 Å². The lowest BCUT2D eigenvalue weighted by molar-refractivity contribution is -0.139. The van der Waals surface area contributed by atoms with Crippen LogP contribution in [0.3, 0.4) is 0 Å². The maximum Gasteiger partial charge on any atom is 0.405 e. The second-order valence-corrected chi connectivity index (χ2v) is 1.89. The molecule has 0 amide bonds. The van der Waals surface area contributed by atoms with Crippen LogP contribution in [0.25, 0.3) is 0 Å². The Hall–Kier alpha value is -1.27. The Kier molecular flexibility index (Phi) is 2.45. The monoisotopic (exact) mass is 168 g/mol. The summed E-state index contributed by atoms with van der Waals surface area (Å²) in [5, 5.41) is 12.9. The fourth-order valence-electron chi connectivity index (χ4n) is 0.520. The van der Waals surface area contributed by atoms with Crippen LogP contribution in [0, 0.1) is 16.7 Å². The van der Waals surface area contributed by atoms with Crippen LogP contribution in [-0.2, 0) is 0 Å². The van der Waals surface area contributed by atoms with Crippen LogP contribution < -0.4 is 11.5 Å². The van der Waals surface area contributed by atoms with E-state index in [9.17, 15) is 13.2 Å². The lowest BCUT2D eigenvalue weighted by Gasteiger charge is -2.16. The number of nitrogens with one attached hydrogen (secondary N) is 2. The lowest BCUT2D eigenvalue weighted by atomic mass is 10.1. The van der Waals surface area contributed by atoms with E-state index >= 15 is 0 Å². The van der Waals surface area contributed by atoms with E-state index in [1.807, 2.05) is 0 Å². The van der Waals surface area contributed by atoms with Crippen molar-refractivity contribution < 1.29 is 13.2 Å². The molecule has 7 heteroatoms. The zero-order valence-corrected chi connectivity index (χ0v) is 5.37. The van der Waals surface area contributed by atoms with Gasteiger partial charge in [-0.3, -0.25) is 10.8 Å². The second-order valence-electron chi connectivity index (χ2n) is 1.89. The molecule has 0 aliphatic heterocycles. The van der Waals surface area contributed by atoms with Gasteiger partial charge in [0.15, 0.2) is 5.92 Å². The first kappa shape index (κ1) is 9.73. The Bertz CT molecular complexity index is 170. The first-order chi connectivity index (χ1) is 4.76. The number of nitrogens with two attached hydrogens (primary N) is 2. The fourth-order valence-corrected chi connectivity index (χ4v) is 0.520. The summed E-state index contributed by atoms with van der Waals surface area (Å²) in [7, 11) is 0. The van der Waals surface area contributed by atoms with E-state index in [4.69, 9.17) is 10.8 Å². The molecule has 0 aliphatic rings. The van der Waals surface area contributed by atoms with Crippen LogP contribution in [0.5, 0.6) is 0 Å². The molecule has 0 heterocycles. The summed E-state index contributed by atoms with van der Waals surface area (Å²) in [5.41, 5.74) is 9.13. The molecule has 0 radical (unpaired) electrons. The summed E-state index contributed by atoms with van der Waals surface area (Å²) >= 11 is 0. The minimum atomic E-state index is -4.74. The molecule has 0 saturated heterocycles. The predicted octanol–water partition coefficient (Wildman–Crippen LogP) is 0.0368. The predicted molar refractivity (Wildman–Crippen MR) is 33.4 cm³/mol. The van der Waals surface area contributed by atoms with E-state index in [-0.39, 0.29) is 0 Å². The standard InChI is InChI=1S/C4H7F3N4/c5-4(6,7)1(2(8)9)3(10)11/h1H,(H3,8,9)(H3,10,11). The Labute approximate surface area is 60.4 Å². The normalized spacial score (nSPS) is 14.1. The number of hydrogen-bond acceptors (Lipinski definition) is 2. The van der Waals surface area contributed by atoms with Crippen LogP contribution in [-0.4, -0.2) is 17.8 Å². The SMILES string of the molecule is N=C(N)C(C(=N)N)C(F)(F)F. The second kappa shape index (κ2) is 2.77. The highest BCUT2D eigenvalue weighted by atomic mass is 19.4. The Morgan fingerprint density at radius 3 is 1.36 bits per heavy atom. The third-order valence-corrected chi connectivity index (χ3v) is 0.949. The molecule has 0 aromatic carbocycles. The minimum absolute atomic E-state index is 1.16. The Morgan fingerprint density at radius 1 is 1.09 bits per heavy atom. The summed E-state index contributed by atoms with van der Waals surface area (Å²) in [6.45, 7) is 0. The Morgan fingerprint density at radius 2 is 1.36 bits per heavy atom. The fraction of sp³-hybridized carbons (Fsp3) is 0.500. The molecule has 0 aliphatic carbocycles. The van der Waals surface area contributed by atoms with Crippen molar-refractivity contribution >= 4 is 11.7 Å². The van der Waals surface area contributed by atoms with Crippen molar-refractivity contribution in [2.75, 3.05) is 0 Å². The molecular formula is C4H7F3N4. The lowest BCUT2D eigenvalue weighted by Crippen LogP contribution is -2.44. The zero-order valence-electron chi connectivity index (χ0n) is 5.37. The van der Waals surface area contributed by atoms with Gasteiger partial charge in [0.05, 0.1) is 0 Å². The highest BCUT2D eigenvalue weighted by Crippen LogP contribution is 2.25. The molecular weight excluding hydrogens is 161 g/mol. The van der Waals surface area contributed by atoms with Gasteiger partial charge in [0, 0.05) is 0 Å². The zero-order chi connectivity index (χ0) is 9.23. The largest absolute Gasteiger partial charge is 0.405 e. The Balaban J connectivity index is 4.63. The average Bonchev–Trinajstić information content (AvgIpc) is 1.54. The van der Waals surface area contributed by atoms with Gasteiger partial charge in [0.25, 0.3) is 0 Å². The molecule has 0 spiro atoms. The van der Waals surface area contributed by atoms with E-state index in [0.29, 0.717) is 0 Å². The molecule has 0 aromatic rings. The van der Waals surface area contributed by atoms with Gasteiger partial charge in [-0.05, 0) is 0 Å². The van der Waals surface area contributed by atoms with Crippen molar-refractivity contribution in [2.45, 2.75) is 6.18 Å². The molecule has 0 bridgehead atoms. The molecule has 6 N–H and O–H groups in total. The maximum absolute atomic E-state index is 11.8. The molecule has 0 aromatic heterocycles. The molecule has 4 nitrogen and oxygen atoms in total. The summed E-state index contributed by atoms with van der Waals surface area (Å²) in [6, 6.07) is 0. The molecule has 0 fully saturated rings. The summed E-state index contributed by atoms with van der Waals surface area (Å²) in [5.74, 6) is -4.77. The van der Waals surface area contributed by atoms with Crippen molar-refractivity contribution in [3.05, 3.63) is 0 Å². The van der Waals surface area contributed by atoms with Crippen molar-refractivity contribution in [1.82, 2.24) is 0 Å². The van der Waals surface area contributed by atoms with E-state index in [1.54, 1.807) is 0 Å². The number of rotatable bonds is 2. The minimum Gasteiger partial charge on any atom is -0.387 e. The van der Waals surface area contributed by atoms with Crippen molar-refractivity contribution in [3.8, 4) is 0 Å². The van der Waals surface area contributed by atoms with E-state index in [1.165, 1.54) is 0 Å². The van der Waals surface area contributed by atoms with Gasteiger partial charge in [-0.1, -0.05) is 0 Å². The van der Waals surface area contributed by atoms with Crippen LogP contribution in [0.15, 0.2) is 0 Å². The van der Waals surface area contributed by atoms with Crippen molar-refractivity contribution in [3.63, 3.8) is 0 Å². The number of halogens is 3. The summed E-state index contributed by atoms with van der Waals surface area (Å²) < 4.78 is 35.3. The topological polar surface area (TPSA) is 99.7 Å². The molecule has 0 atom stereocenters. The number of amidine groups is 2. The van der Waals surface area contributed by atoms with E-state index in [0.717, 1.165) is 0 Å². The van der Waals surface area contributed by atoms with E-state index in [2.05, 4.69) is 11.5 Å². The van der Waals surface area contributed by atoms with Crippen LogP contribution in [0.4, 0.5) is 13.2 Å². The van der Waals surface area contributed by atoms with Crippen LogP contribution in [0.1, 0.15) is 0 Å². The summed E-state index contributed by atoms with van der Waals surface area (Å²) in [6.07, 6.45) is -4.74. The van der Waals surface area contributed by atoms with Gasteiger partial charge in [0.1, 0.15) is 11.7 Å². The highest BCUT2D eigenvalue weighted by molar-refractivity contribution is 6.02. The molecule has 0 unspecified atom stereocenters. The van der Waals surface area contributed by atoms with Crippen molar-refractivity contribution in [1.29, 1.82) is 10.8 Å². The summed E-state index contributed by atoms with van der Waals surface area (Å²) in [4.78, 5) is 0. The van der Waals surface area contributed by atoms with Gasteiger partial charge in [-0.15, -0.1) is 0 Å². The van der Waals surface area contributed by atoms with E-state index < -0.39 is 23.8 Å².